The SMILES string of the molecule is CO[C@@H]1C[C@@H](F)[C@H](Oc2ncc(-c3ccc(-n4ccnc4)cc3O)nn2)C1. The number of imidazole rings is 1. The predicted octanol–water partition coefficient (Wildman–Crippen LogP) is 2.32. The number of ether oxygens (including phenoxy) is 2. The maximum atomic E-state index is 13.9. The number of rotatable bonds is 5. The van der Waals surface area contributed by atoms with E-state index in [0.717, 1.165) is 5.69 Å². The number of hydrogen-bond acceptors (Lipinski definition) is 7. The quantitative estimate of drug-likeness (QED) is 0.735. The monoisotopic (exact) mass is 371 g/mol. The van der Waals surface area contributed by atoms with Gasteiger partial charge in [-0.05, 0) is 12.1 Å². The van der Waals surface area contributed by atoms with Crippen molar-refractivity contribution in [2.45, 2.75) is 31.2 Å². The lowest BCUT2D eigenvalue weighted by Crippen LogP contribution is -2.23. The molecular weight excluding hydrogens is 353 g/mol. The van der Waals surface area contributed by atoms with Crippen LogP contribution in [-0.2, 0) is 4.74 Å². The molecule has 0 aliphatic heterocycles. The molecular formula is C18H18FN5O3. The van der Waals surface area contributed by atoms with Crippen LogP contribution in [0.25, 0.3) is 16.9 Å². The first kappa shape index (κ1) is 17.3. The topological polar surface area (TPSA) is 95.2 Å². The molecule has 1 saturated carbocycles. The summed E-state index contributed by atoms with van der Waals surface area (Å²) in [6.07, 6.45) is 5.30. The second kappa shape index (κ2) is 7.28. The van der Waals surface area contributed by atoms with Gasteiger partial charge in [0.25, 0.3) is 0 Å². The Labute approximate surface area is 154 Å². The third-order valence-corrected chi connectivity index (χ3v) is 4.58. The molecule has 1 aliphatic carbocycles. The zero-order valence-electron chi connectivity index (χ0n) is 14.6. The molecule has 0 unspecified atom stereocenters. The van der Waals surface area contributed by atoms with Gasteiger partial charge in [-0.1, -0.05) is 5.10 Å². The van der Waals surface area contributed by atoms with Crippen LogP contribution in [0.4, 0.5) is 4.39 Å². The van der Waals surface area contributed by atoms with Gasteiger partial charge < -0.3 is 19.1 Å². The first-order chi connectivity index (χ1) is 13.1. The fourth-order valence-corrected chi connectivity index (χ4v) is 3.11. The van der Waals surface area contributed by atoms with E-state index in [1.54, 1.807) is 42.5 Å². The number of benzene rings is 1. The molecule has 140 valence electrons. The number of nitrogens with zero attached hydrogens (tertiary/aromatic N) is 5. The van der Waals surface area contributed by atoms with Gasteiger partial charge in [0.05, 0.1) is 24.3 Å². The van der Waals surface area contributed by atoms with Crippen LogP contribution in [0.1, 0.15) is 12.8 Å². The minimum Gasteiger partial charge on any atom is -0.507 e. The van der Waals surface area contributed by atoms with Gasteiger partial charge in [0.2, 0.25) is 0 Å². The predicted molar refractivity (Wildman–Crippen MR) is 93.4 cm³/mol. The Kier molecular flexibility index (Phi) is 4.68. The summed E-state index contributed by atoms with van der Waals surface area (Å²) in [4.78, 5) is 8.06. The molecule has 3 aromatic rings. The van der Waals surface area contributed by atoms with Gasteiger partial charge in [-0.2, -0.15) is 0 Å². The van der Waals surface area contributed by atoms with Crippen molar-refractivity contribution < 1.29 is 19.0 Å². The summed E-state index contributed by atoms with van der Waals surface area (Å²) in [5.41, 5.74) is 1.63. The second-order valence-corrected chi connectivity index (χ2v) is 6.30. The van der Waals surface area contributed by atoms with E-state index in [0.29, 0.717) is 24.1 Å². The third kappa shape index (κ3) is 3.59. The van der Waals surface area contributed by atoms with E-state index in [1.807, 2.05) is 6.07 Å². The smallest absolute Gasteiger partial charge is 0.336 e. The van der Waals surface area contributed by atoms with Crippen LogP contribution in [0, 0.1) is 0 Å². The molecule has 2 heterocycles. The van der Waals surface area contributed by atoms with Crippen molar-refractivity contribution in [3.63, 3.8) is 0 Å². The van der Waals surface area contributed by atoms with Crippen molar-refractivity contribution in [2.24, 2.45) is 0 Å². The minimum atomic E-state index is -1.13. The van der Waals surface area contributed by atoms with Gasteiger partial charge in [0.1, 0.15) is 23.7 Å². The van der Waals surface area contributed by atoms with Crippen molar-refractivity contribution >= 4 is 0 Å². The Morgan fingerprint density at radius 3 is 2.78 bits per heavy atom. The lowest BCUT2D eigenvalue weighted by atomic mass is 10.1. The average molecular weight is 371 g/mol. The summed E-state index contributed by atoms with van der Waals surface area (Å²) >= 11 is 0. The van der Waals surface area contributed by atoms with Crippen LogP contribution >= 0.6 is 0 Å². The highest BCUT2D eigenvalue weighted by Gasteiger charge is 2.36. The number of hydrogen-bond donors (Lipinski definition) is 1. The van der Waals surface area contributed by atoms with Gasteiger partial charge in [-0.3, -0.25) is 0 Å². The second-order valence-electron chi connectivity index (χ2n) is 6.30. The van der Waals surface area contributed by atoms with Gasteiger partial charge in [0.15, 0.2) is 0 Å². The molecule has 1 N–H and O–H groups in total. The molecule has 9 heteroatoms. The van der Waals surface area contributed by atoms with Crippen molar-refractivity contribution in [3.8, 4) is 28.7 Å². The molecule has 1 fully saturated rings. The molecule has 0 radical (unpaired) electrons. The van der Waals surface area contributed by atoms with E-state index in [1.165, 1.54) is 6.20 Å². The van der Waals surface area contributed by atoms with Crippen molar-refractivity contribution in [3.05, 3.63) is 43.1 Å². The zero-order valence-corrected chi connectivity index (χ0v) is 14.6. The number of aromatic hydroxyl groups is 1. The molecule has 27 heavy (non-hydrogen) atoms. The van der Waals surface area contributed by atoms with E-state index in [2.05, 4.69) is 20.2 Å². The molecule has 0 spiro atoms. The Hall–Kier alpha value is -3.07. The number of aromatic nitrogens is 5. The van der Waals surface area contributed by atoms with Crippen LogP contribution in [0.2, 0.25) is 0 Å². The number of methoxy groups -OCH3 is 1. The fourth-order valence-electron chi connectivity index (χ4n) is 3.11. The molecule has 1 aliphatic rings. The van der Waals surface area contributed by atoms with E-state index in [4.69, 9.17) is 9.47 Å². The number of halogens is 1. The molecule has 0 saturated heterocycles. The van der Waals surface area contributed by atoms with Gasteiger partial charge in [-0.15, -0.1) is 5.10 Å². The summed E-state index contributed by atoms with van der Waals surface area (Å²) in [6.45, 7) is 0. The van der Waals surface area contributed by atoms with Gasteiger partial charge in [-0.25, -0.2) is 14.4 Å². The summed E-state index contributed by atoms with van der Waals surface area (Å²) in [5.74, 6) is 0.0357. The molecule has 0 bridgehead atoms. The largest absolute Gasteiger partial charge is 0.507 e. The highest BCUT2D eigenvalue weighted by Crippen LogP contribution is 2.30. The first-order valence-electron chi connectivity index (χ1n) is 8.49. The minimum absolute atomic E-state index is 0.00215. The summed E-state index contributed by atoms with van der Waals surface area (Å²) in [5, 5.41) is 18.2. The van der Waals surface area contributed by atoms with E-state index >= 15 is 0 Å². The molecule has 1 aromatic carbocycles. The summed E-state index contributed by atoms with van der Waals surface area (Å²) in [7, 11) is 1.55. The van der Waals surface area contributed by atoms with Gasteiger partial charge >= 0.3 is 6.01 Å². The third-order valence-electron chi connectivity index (χ3n) is 4.58. The van der Waals surface area contributed by atoms with E-state index < -0.39 is 12.3 Å². The molecule has 0 amide bonds. The van der Waals surface area contributed by atoms with Crippen LogP contribution in [0.5, 0.6) is 11.8 Å². The van der Waals surface area contributed by atoms with Crippen molar-refractivity contribution in [1.29, 1.82) is 0 Å². The number of alkyl halides is 1. The van der Waals surface area contributed by atoms with Crippen molar-refractivity contribution in [2.75, 3.05) is 7.11 Å². The highest BCUT2D eigenvalue weighted by atomic mass is 19.1. The van der Waals surface area contributed by atoms with E-state index in [-0.39, 0.29) is 17.9 Å². The maximum absolute atomic E-state index is 13.9. The standard InChI is InChI=1S/C18H18FN5O3/c1-26-12-7-14(19)17(8-12)27-18-21-9-15(22-23-18)13-3-2-11(6-16(13)25)24-5-4-20-10-24/h2-6,9-10,12,14,17,25H,7-8H2,1H3/t12-,14-,17-/m1/s1. The fraction of sp³-hybridized carbons (Fsp3) is 0.333. The maximum Gasteiger partial charge on any atom is 0.336 e. The normalized spacial score (nSPS) is 22.1. The van der Waals surface area contributed by atoms with E-state index in [9.17, 15) is 9.50 Å². The molecule has 4 rings (SSSR count). The Balaban J connectivity index is 1.49. The van der Waals surface area contributed by atoms with Crippen LogP contribution in [0.15, 0.2) is 43.1 Å². The van der Waals surface area contributed by atoms with Crippen LogP contribution in [0.3, 0.4) is 0 Å². The summed E-state index contributed by atoms with van der Waals surface area (Å²) < 4.78 is 26.4. The molecule has 2 aromatic heterocycles. The first-order valence-corrected chi connectivity index (χ1v) is 8.49. The summed E-state index contributed by atoms with van der Waals surface area (Å²) in [6, 6.07) is 5.13. The Morgan fingerprint density at radius 2 is 2.15 bits per heavy atom. The number of phenolic OH excluding ortho intramolecular Hbond substituents is 1. The molecule has 8 nitrogen and oxygen atoms in total. The molecule has 3 atom stereocenters. The highest BCUT2D eigenvalue weighted by molar-refractivity contribution is 5.67. The van der Waals surface area contributed by atoms with Gasteiger partial charge in [0, 0.05) is 44.0 Å². The van der Waals surface area contributed by atoms with Crippen LogP contribution < -0.4 is 4.74 Å². The zero-order chi connectivity index (χ0) is 18.8. The van der Waals surface area contributed by atoms with Crippen LogP contribution in [-0.4, -0.2) is 55.3 Å². The lowest BCUT2D eigenvalue weighted by molar-refractivity contribution is 0.0908. The number of phenols is 1. The Morgan fingerprint density at radius 1 is 1.26 bits per heavy atom. The lowest BCUT2D eigenvalue weighted by Gasteiger charge is -2.13. The average Bonchev–Trinajstić information content (AvgIpc) is 3.33. The van der Waals surface area contributed by atoms with Crippen molar-refractivity contribution in [1.82, 2.24) is 24.7 Å². The Bertz CT molecular complexity index is 904.